The number of methoxy groups -OCH3 is 2. The number of benzene rings is 1. The zero-order valence-corrected chi connectivity index (χ0v) is 13.7. The van der Waals surface area contributed by atoms with Crippen molar-refractivity contribution >= 4 is 29.0 Å². The summed E-state index contributed by atoms with van der Waals surface area (Å²) in [6.45, 7) is 1.42. The molecule has 0 aliphatic heterocycles. The third kappa shape index (κ3) is 3.85. The third-order valence-electron chi connectivity index (χ3n) is 3.04. The van der Waals surface area contributed by atoms with E-state index in [0.717, 1.165) is 0 Å². The second-order valence-electron chi connectivity index (χ2n) is 4.51. The van der Waals surface area contributed by atoms with E-state index in [9.17, 15) is 9.59 Å². The number of nitrogens with two attached hydrogens (primary N) is 1. The second kappa shape index (κ2) is 7.60. The number of amides is 2. The standard InChI is InChI=1S/C14H19N3O4S/c1-8(12(15)18)13(19)16-17(2)14(22)9-6-5-7-10(20-3)11(9)21-4/h5-8H,1-4H3,(H2,15,18)(H,16,19). The number of hydrazine groups is 1. The van der Waals surface area contributed by atoms with E-state index < -0.39 is 17.7 Å². The van der Waals surface area contributed by atoms with Crippen LogP contribution in [0.5, 0.6) is 11.5 Å². The molecule has 1 unspecified atom stereocenters. The molecule has 0 saturated carbocycles. The fourth-order valence-electron chi connectivity index (χ4n) is 1.68. The SMILES string of the molecule is COc1cccc(C(=S)N(C)NC(=O)C(C)C(N)=O)c1OC. The summed E-state index contributed by atoms with van der Waals surface area (Å²) in [5, 5.41) is 1.33. The first-order valence-corrected chi connectivity index (χ1v) is 6.83. The van der Waals surface area contributed by atoms with Crippen LogP contribution in [0.15, 0.2) is 18.2 Å². The normalized spacial score (nSPS) is 11.3. The zero-order chi connectivity index (χ0) is 16.9. The summed E-state index contributed by atoms with van der Waals surface area (Å²) in [5.74, 6) is -1.24. The molecule has 3 N–H and O–H groups in total. The molecule has 0 heterocycles. The summed E-state index contributed by atoms with van der Waals surface area (Å²) in [6, 6.07) is 5.23. The van der Waals surface area contributed by atoms with Gasteiger partial charge in [-0.2, -0.15) is 0 Å². The van der Waals surface area contributed by atoms with Gasteiger partial charge in [-0.15, -0.1) is 0 Å². The number of nitrogens with one attached hydrogen (secondary N) is 1. The minimum atomic E-state index is -0.961. The Morgan fingerprint density at radius 3 is 2.45 bits per heavy atom. The fourth-order valence-corrected chi connectivity index (χ4v) is 1.88. The van der Waals surface area contributed by atoms with Crippen molar-refractivity contribution in [3.05, 3.63) is 23.8 Å². The summed E-state index contributed by atoms with van der Waals surface area (Å²) in [5.41, 5.74) is 8.18. The van der Waals surface area contributed by atoms with E-state index >= 15 is 0 Å². The maximum atomic E-state index is 11.8. The van der Waals surface area contributed by atoms with Crippen molar-refractivity contribution in [2.24, 2.45) is 11.7 Å². The van der Waals surface area contributed by atoms with Crippen LogP contribution in [0.25, 0.3) is 0 Å². The van der Waals surface area contributed by atoms with E-state index in [2.05, 4.69) is 5.43 Å². The Bertz CT molecular complexity index is 591. The van der Waals surface area contributed by atoms with Crippen LogP contribution >= 0.6 is 12.2 Å². The molecule has 0 spiro atoms. The van der Waals surface area contributed by atoms with Crippen LogP contribution in [0.3, 0.4) is 0 Å². The molecule has 0 bridgehead atoms. The number of thiocarbonyl (C=S) groups is 1. The smallest absolute Gasteiger partial charge is 0.250 e. The fraction of sp³-hybridized carbons (Fsp3) is 0.357. The highest BCUT2D eigenvalue weighted by atomic mass is 32.1. The van der Waals surface area contributed by atoms with Crippen molar-refractivity contribution in [1.82, 2.24) is 10.4 Å². The summed E-state index contributed by atoms with van der Waals surface area (Å²) >= 11 is 5.33. The number of rotatable bonds is 5. The molecule has 0 radical (unpaired) electrons. The van der Waals surface area contributed by atoms with Gasteiger partial charge < -0.3 is 15.2 Å². The van der Waals surface area contributed by atoms with Gasteiger partial charge in [-0.1, -0.05) is 18.3 Å². The molecular formula is C14H19N3O4S. The summed E-state index contributed by atoms with van der Waals surface area (Å²) in [6.07, 6.45) is 0. The molecule has 8 heteroatoms. The number of nitrogens with zero attached hydrogens (tertiary/aromatic N) is 1. The average Bonchev–Trinajstić information content (AvgIpc) is 2.51. The van der Waals surface area contributed by atoms with Gasteiger partial charge >= 0.3 is 0 Å². The van der Waals surface area contributed by atoms with Gasteiger partial charge in [-0.25, -0.2) is 0 Å². The van der Waals surface area contributed by atoms with Crippen molar-refractivity contribution in [2.75, 3.05) is 21.3 Å². The average molecular weight is 325 g/mol. The zero-order valence-electron chi connectivity index (χ0n) is 12.9. The van der Waals surface area contributed by atoms with Gasteiger partial charge in [0.15, 0.2) is 11.5 Å². The molecular weight excluding hydrogens is 306 g/mol. The van der Waals surface area contributed by atoms with Crippen molar-refractivity contribution in [3.8, 4) is 11.5 Å². The predicted octanol–water partition coefficient (Wildman–Crippen LogP) is 0.464. The number of carbonyl (C=O) groups excluding carboxylic acids is 2. The van der Waals surface area contributed by atoms with Crippen LogP contribution in [0.2, 0.25) is 0 Å². The molecule has 0 saturated heterocycles. The van der Waals surface area contributed by atoms with E-state index in [1.54, 1.807) is 25.2 Å². The monoisotopic (exact) mass is 325 g/mol. The lowest BCUT2D eigenvalue weighted by molar-refractivity contribution is -0.134. The first-order chi connectivity index (χ1) is 10.3. The first-order valence-electron chi connectivity index (χ1n) is 6.42. The molecule has 0 fully saturated rings. The Morgan fingerprint density at radius 2 is 1.95 bits per heavy atom. The predicted molar refractivity (Wildman–Crippen MR) is 85.5 cm³/mol. The Morgan fingerprint density at radius 1 is 1.32 bits per heavy atom. The minimum absolute atomic E-state index is 0.306. The number of para-hydroxylation sites is 1. The van der Waals surface area contributed by atoms with Crippen LogP contribution < -0.4 is 20.6 Å². The van der Waals surface area contributed by atoms with Gasteiger partial charge in [0, 0.05) is 7.05 Å². The van der Waals surface area contributed by atoms with Gasteiger partial charge in [0.1, 0.15) is 10.9 Å². The van der Waals surface area contributed by atoms with Crippen molar-refractivity contribution in [3.63, 3.8) is 0 Å². The number of hydrogen-bond acceptors (Lipinski definition) is 5. The molecule has 0 aromatic heterocycles. The molecule has 0 aliphatic rings. The molecule has 0 aliphatic carbocycles. The number of hydrogen-bond donors (Lipinski definition) is 2. The van der Waals surface area contributed by atoms with E-state index in [1.807, 2.05) is 0 Å². The van der Waals surface area contributed by atoms with Crippen molar-refractivity contribution in [2.45, 2.75) is 6.92 Å². The van der Waals surface area contributed by atoms with E-state index in [4.69, 9.17) is 27.4 Å². The molecule has 1 atom stereocenters. The molecule has 1 rings (SSSR count). The van der Waals surface area contributed by atoms with Crippen LogP contribution in [-0.4, -0.2) is 43.1 Å². The van der Waals surface area contributed by atoms with Crippen LogP contribution in [-0.2, 0) is 9.59 Å². The molecule has 1 aromatic carbocycles. The quantitative estimate of drug-likeness (QED) is 0.464. The van der Waals surface area contributed by atoms with Gasteiger partial charge in [-0.3, -0.25) is 20.0 Å². The topological polar surface area (TPSA) is 93.9 Å². The highest BCUT2D eigenvalue weighted by Gasteiger charge is 2.22. The lowest BCUT2D eigenvalue weighted by Gasteiger charge is -2.23. The minimum Gasteiger partial charge on any atom is -0.493 e. The number of primary amides is 1. The van der Waals surface area contributed by atoms with Gasteiger partial charge in [0.2, 0.25) is 5.91 Å². The van der Waals surface area contributed by atoms with E-state index in [1.165, 1.54) is 26.2 Å². The lowest BCUT2D eigenvalue weighted by atomic mass is 10.1. The van der Waals surface area contributed by atoms with E-state index in [0.29, 0.717) is 22.1 Å². The first kappa shape index (κ1) is 17.7. The maximum Gasteiger partial charge on any atom is 0.250 e. The number of carbonyl (C=O) groups is 2. The third-order valence-corrected chi connectivity index (χ3v) is 3.53. The van der Waals surface area contributed by atoms with Gasteiger partial charge in [0.25, 0.3) is 5.91 Å². The van der Waals surface area contributed by atoms with Crippen LogP contribution in [0.1, 0.15) is 12.5 Å². The second-order valence-corrected chi connectivity index (χ2v) is 4.89. The lowest BCUT2D eigenvalue weighted by Crippen LogP contribution is -2.47. The Labute approximate surface area is 134 Å². The van der Waals surface area contributed by atoms with Crippen LogP contribution in [0, 0.1) is 5.92 Å². The highest BCUT2D eigenvalue weighted by Crippen LogP contribution is 2.31. The molecule has 22 heavy (non-hydrogen) atoms. The summed E-state index contributed by atoms with van der Waals surface area (Å²) in [7, 11) is 4.58. The highest BCUT2D eigenvalue weighted by molar-refractivity contribution is 7.80. The Hall–Kier alpha value is -2.35. The summed E-state index contributed by atoms with van der Waals surface area (Å²) < 4.78 is 10.5. The molecule has 7 nitrogen and oxygen atoms in total. The summed E-state index contributed by atoms with van der Waals surface area (Å²) in [4.78, 5) is 23.2. The van der Waals surface area contributed by atoms with Gasteiger partial charge in [0.05, 0.1) is 19.8 Å². The van der Waals surface area contributed by atoms with Crippen LogP contribution in [0.4, 0.5) is 0 Å². The van der Waals surface area contributed by atoms with Crippen molar-refractivity contribution in [1.29, 1.82) is 0 Å². The molecule has 120 valence electrons. The maximum absolute atomic E-state index is 11.8. The van der Waals surface area contributed by atoms with Crippen molar-refractivity contribution < 1.29 is 19.1 Å². The molecule has 2 amide bonds. The Kier molecular flexibility index (Phi) is 6.11. The Balaban J connectivity index is 2.97. The number of ether oxygens (including phenoxy) is 2. The van der Waals surface area contributed by atoms with E-state index in [-0.39, 0.29) is 0 Å². The van der Waals surface area contributed by atoms with Gasteiger partial charge in [-0.05, 0) is 19.1 Å². The largest absolute Gasteiger partial charge is 0.493 e. The molecule has 1 aromatic rings.